The first-order chi connectivity index (χ1) is 11.3. The molecule has 2 aliphatic heterocycles. The Morgan fingerprint density at radius 2 is 2.00 bits per heavy atom. The number of nitrogens with zero attached hydrogens (tertiary/aromatic N) is 4. The van der Waals surface area contributed by atoms with Crippen LogP contribution in [-0.2, 0) is 9.53 Å². The number of fused-ring (bicyclic) bond motifs is 1. The van der Waals surface area contributed by atoms with E-state index in [0.717, 1.165) is 54.5 Å². The number of anilines is 1. The number of carbonyl (C=O) groups excluding carboxylic acids is 1. The lowest BCUT2D eigenvalue weighted by atomic mass is 9.95. The van der Waals surface area contributed by atoms with Crippen LogP contribution in [0.25, 0.3) is 10.3 Å². The highest BCUT2D eigenvalue weighted by Gasteiger charge is 2.30. The molecule has 6 nitrogen and oxygen atoms in total. The fourth-order valence-corrected chi connectivity index (χ4v) is 4.21. The maximum atomic E-state index is 12.6. The average Bonchev–Trinajstić information content (AvgIpc) is 3.06. The lowest BCUT2D eigenvalue weighted by Gasteiger charge is -2.35. The summed E-state index contributed by atoms with van der Waals surface area (Å²) in [6, 6.07) is 3.91. The molecule has 0 aromatic carbocycles. The van der Waals surface area contributed by atoms with E-state index in [2.05, 4.69) is 14.9 Å². The minimum Gasteiger partial charge on any atom is -0.378 e. The molecule has 122 valence electrons. The Morgan fingerprint density at radius 3 is 2.74 bits per heavy atom. The van der Waals surface area contributed by atoms with Crippen molar-refractivity contribution in [3.63, 3.8) is 0 Å². The van der Waals surface area contributed by atoms with Crippen molar-refractivity contribution in [2.45, 2.75) is 12.8 Å². The molecule has 0 bridgehead atoms. The number of piperidine rings is 1. The highest BCUT2D eigenvalue weighted by molar-refractivity contribution is 7.21. The predicted octanol–water partition coefficient (Wildman–Crippen LogP) is 1.77. The maximum absolute atomic E-state index is 12.6. The Kier molecular flexibility index (Phi) is 4.13. The summed E-state index contributed by atoms with van der Waals surface area (Å²) in [4.78, 5) is 26.8. The molecule has 7 heteroatoms. The molecule has 0 saturated carbocycles. The van der Waals surface area contributed by atoms with E-state index in [1.165, 1.54) is 0 Å². The van der Waals surface area contributed by atoms with Crippen molar-refractivity contribution < 1.29 is 9.53 Å². The van der Waals surface area contributed by atoms with Gasteiger partial charge < -0.3 is 14.5 Å². The van der Waals surface area contributed by atoms with Gasteiger partial charge in [-0.3, -0.25) is 4.79 Å². The van der Waals surface area contributed by atoms with E-state index in [9.17, 15) is 4.79 Å². The van der Waals surface area contributed by atoms with Gasteiger partial charge in [-0.15, -0.1) is 0 Å². The minimum absolute atomic E-state index is 0.150. The van der Waals surface area contributed by atoms with Gasteiger partial charge in [0.25, 0.3) is 0 Å². The standard InChI is InChI=1S/C16H20N4O2S/c21-15(19-8-10-22-11-9-19)12-3-6-20(7-4-12)16-18-13-2-1-5-17-14(13)23-16/h1-2,5,12H,3-4,6-11H2. The SMILES string of the molecule is O=C(C1CCN(c2nc3cccnc3s2)CC1)N1CCOCC1. The summed E-state index contributed by atoms with van der Waals surface area (Å²) in [6.07, 6.45) is 3.61. The predicted molar refractivity (Wildman–Crippen MR) is 89.8 cm³/mol. The van der Waals surface area contributed by atoms with Crippen molar-refractivity contribution in [2.24, 2.45) is 5.92 Å². The first kappa shape index (κ1) is 14.8. The normalized spacial score (nSPS) is 20.2. The van der Waals surface area contributed by atoms with Crippen molar-refractivity contribution in [2.75, 3.05) is 44.3 Å². The van der Waals surface area contributed by atoms with E-state index in [-0.39, 0.29) is 5.92 Å². The van der Waals surface area contributed by atoms with Crippen LogP contribution in [0.2, 0.25) is 0 Å². The van der Waals surface area contributed by atoms with E-state index < -0.39 is 0 Å². The Labute approximate surface area is 139 Å². The van der Waals surface area contributed by atoms with Gasteiger partial charge in [0.05, 0.1) is 13.2 Å². The highest BCUT2D eigenvalue weighted by Crippen LogP contribution is 2.30. The molecule has 2 aromatic rings. The van der Waals surface area contributed by atoms with Gasteiger partial charge in [-0.2, -0.15) is 0 Å². The molecule has 2 aliphatic rings. The van der Waals surface area contributed by atoms with Crippen LogP contribution in [0.15, 0.2) is 18.3 Å². The van der Waals surface area contributed by atoms with E-state index in [0.29, 0.717) is 19.1 Å². The number of amides is 1. The molecule has 0 aliphatic carbocycles. The molecular weight excluding hydrogens is 312 g/mol. The number of morpholine rings is 1. The van der Waals surface area contributed by atoms with E-state index in [1.54, 1.807) is 17.5 Å². The summed E-state index contributed by atoms with van der Waals surface area (Å²) in [5, 5.41) is 1.02. The van der Waals surface area contributed by atoms with Crippen LogP contribution in [0.4, 0.5) is 5.13 Å². The molecule has 4 rings (SSSR count). The van der Waals surface area contributed by atoms with Crippen molar-refractivity contribution in [3.8, 4) is 0 Å². The zero-order valence-corrected chi connectivity index (χ0v) is 13.8. The molecule has 0 spiro atoms. The van der Waals surface area contributed by atoms with E-state index in [1.807, 2.05) is 17.0 Å². The second kappa shape index (κ2) is 6.41. The lowest BCUT2D eigenvalue weighted by Crippen LogP contribution is -2.46. The lowest BCUT2D eigenvalue weighted by molar-refractivity contribution is -0.140. The summed E-state index contributed by atoms with van der Waals surface area (Å²) < 4.78 is 5.33. The van der Waals surface area contributed by atoms with Gasteiger partial charge in [-0.25, -0.2) is 9.97 Å². The molecule has 1 amide bonds. The summed E-state index contributed by atoms with van der Waals surface area (Å²) in [7, 11) is 0. The molecule has 2 fully saturated rings. The summed E-state index contributed by atoms with van der Waals surface area (Å²) >= 11 is 1.63. The first-order valence-electron chi connectivity index (χ1n) is 8.14. The molecular formula is C16H20N4O2S. The third-order valence-corrected chi connectivity index (χ3v) is 5.63. The molecule has 0 N–H and O–H groups in total. The summed E-state index contributed by atoms with van der Waals surface area (Å²) in [6.45, 7) is 4.60. The Bertz CT molecular complexity index is 657. The fraction of sp³-hybridized carbons (Fsp3) is 0.562. The number of rotatable bonds is 2. The number of aromatic nitrogens is 2. The van der Waals surface area contributed by atoms with Gasteiger partial charge in [-0.1, -0.05) is 11.3 Å². The van der Waals surface area contributed by atoms with E-state index >= 15 is 0 Å². The van der Waals surface area contributed by atoms with Crippen LogP contribution in [0.1, 0.15) is 12.8 Å². The number of ether oxygens (including phenoxy) is 1. The molecule has 2 aromatic heterocycles. The van der Waals surface area contributed by atoms with Crippen LogP contribution in [0.5, 0.6) is 0 Å². The van der Waals surface area contributed by atoms with Crippen molar-refractivity contribution in [1.82, 2.24) is 14.9 Å². The van der Waals surface area contributed by atoms with Gasteiger partial charge >= 0.3 is 0 Å². The molecule has 23 heavy (non-hydrogen) atoms. The Morgan fingerprint density at radius 1 is 1.22 bits per heavy atom. The van der Waals surface area contributed by atoms with E-state index in [4.69, 9.17) is 4.74 Å². The molecule has 0 atom stereocenters. The Hall–Kier alpha value is -1.73. The Balaban J connectivity index is 1.39. The quantitative estimate of drug-likeness (QED) is 0.839. The molecule has 0 unspecified atom stereocenters. The summed E-state index contributed by atoms with van der Waals surface area (Å²) in [5.74, 6) is 0.454. The highest BCUT2D eigenvalue weighted by atomic mass is 32.1. The van der Waals surface area contributed by atoms with Gasteiger partial charge in [0.15, 0.2) is 5.13 Å². The van der Waals surface area contributed by atoms with Gasteiger partial charge in [-0.05, 0) is 25.0 Å². The third kappa shape index (κ3) is 3.03. The second-order valence-corrected chi connectivity index (χ2v) is 6.98. The largest absolute Gasteiger partial charge is 0.378 e. The van der Waals surface area contributed by atoms with Crippen molar-refractivity contribution >= 4 is 32.7 Å². The number of pyridine rings is 1. The molecule has 4 heterocycles. The topological polar surface area (TPSA) is 58.6 Å². The zero-order valence-electron chi connectivity index (χ0n) is 13.0. The maximum Gasteiger partial charge on any atom is 0.225 e. The minimum atomic E-state index is 0.150. The summed E-state index contributed by atoms with van der Waals surface area (Å²) in [5.41, 5.74) is 0.957. The average molecular weight is 332 g/mol. The van der Waals surface area contributed by atoms with Gasteiger partial charge in [0.2, 0.25) is 5.91 Å². The number of carbonyl (C=O) groups is 1. The van der Waals surface area contributed by atoms with Gasteiger partial charge in [0, 0.05) is 38.3 Å². The monoisotopic (exact) mass is 332 g/mol. The van der Waals surface area contributed by atoms with Crippen molar-refractivity contribution in [3.05, 3.63) is 18.3 Å². The number of hydrogen-bond acceptors (Lipinski definition) is 6. The first-order valence-corrected chi connectivity index (χ1v) is 8.96. The van der Waals surface area contributed by atoms with Crippen LogP contribution < -0.4 is 4.90 Å². The van der Waals surface area contributed by atoms with Crippen LogP contribution >= 0.6 is 11.3 Å². The second-order valence-electron chi connectivity index (χ2n) is 6.02. The van der Waals surface area contributed by atoms with Gasteiger partial charge in [0.1, 0.15) is 10.3 Å². The molecule has 2 saturated heterocycles. The fourth-order valence-electron chi connectivity index (χ4n) is 3.25. The third-order valence-electron chi connectivity index (χ3n) is 4.59. The van der Waals surface area contributed by atoms with Crippen LogP contribution in [-0.4, -0.2) is 60.2 Å². The van der Waals surface area contributed by atoms with Crippen molar-refractivity contribution in [1.29, 1.82) is 0 Å². The molecule has 0 radical (unpaired) electrons. The van der Waals surface area contributed by atoms with Crippen LogP contribution in [0.3, 0.4) is 0 Å². The smallest absolute Gasteiger partial charge is 0.225 e. The zero-order chi connectivity index (χ0) is 15.6. The number of thiazole rings is 1. The van der Waals surface area contributed by atoms with Crippen LogP contribution in [0, 0.1) is 5.92 Å². The number of hydrogen-bond donors (Lipinski definition) is 0.